The van der Waals surface area contributed by atoms with Crippen LogP contribution in [0.25, 0.3) is 0 Å². The van der Waals surface area contributed by atoms with Crippen molar-refractivity contribution in [3.8, 4) is 0 Å². The molecule has 1 aliphatic carbocycles. The molecule has 28 heavy (non-hydrogen) atoms. The van der Waals surface area contributed by atoms with Crippen LogP contribution < -0.4 is 10.2 Å². The van der Waals surface area contributed by atoms with E-state index in [4.69, 9.17) is 4.98 Å². The summed E-state index contributed by atoms with van der Waals surface area (Å²) in [6.07, 6.45) is 9.83. The number of aromatic nitrogens is 2. The maximum atomic E-state index is 11.7. The Morgan fingerprint density at radius 2 is 1.93 bits per heavy atom. The summed E-state index contributed by atoms with van der Waals surface area (Å²) >= 11 is 0. The standard InChI is InChI=1S/C20H31N5O3/c26-17-5-3-4-16(9-17)25-12-14(20(27)28)8-15(13-25)22-18-10-21-11-19(23-18)24-6-1-2-7-24/h10-11,14-17,26H,1-9,12-13H2,(H,22,23)(H,27,28). The Morgan fingerprint density at radius 3 is 2.68 bits per heavy atom. The highest BCUT2D eigenvalue weighted by Crippen LogP contribution is 2.29. The molecule has 1 saturated carbocycles. The topological polar surface area (TPSA) is 102 Å². The highest BCUT2D eigenvalue weighted by Gasteiger charge is 2.36. The highest BCUT2D eigenvalue weighted by atomic mass is 16.4. The van der Waals surface area contributed by atoms with Gasteiger partial charge in [-0.15, -0.1) is 0 Å². The summed E-state index contributed by atoms with van der Waals surface area (Å²) in [6, 6.07) is 0.272. The van der Waals surface area contributed by atoms with E-state index in [1.807, 2.05) is 0 Å². The zero-order valence-corrected chi connectivity index (χ0v) is 16.3. The van der Waals surface area contributed by atoms with E-state index in [1.54, 1.807) is 12.4 Å². The first kappa shape index (κ1) is 19.4. The van der Waals surface area contributed by atoms with Gasteiger partial charge in [-0.25, -0.2) is 4.98 Å². The Morgan fingerprint density at radius 1 is 1.11 bits per heavy atom. The van der Waals surface area contributed by atoms with Gasteiger partial charge in [0, 0.05) is 38.3 Å². The van der Waals surface area contributed by atoms with Gasteiger partial charge < -0.3 is 20.4 Å². The third-order valence-corrected chi connectivity index (χ3v) is 6.37. The van der Waals surface area contributed by atoms with Gasteiger partial charge in [-0.2, -0.15) is 0 Å². The van der Waals surface area contributed by atoms with E-state index >= 15 is 0 Å². The van der Waals surface area contributed by atoms with Crippen molar-refractivity contribution in [1.82, 2.24) is 14.9 Å². The van der Waals surface area contributed by atoms with E-state index in [2.05, 4.69) is 20.1 Å². The molecule has 4 unspecified atom stereocenters. The average Bonchev–Trinajstić information content (AvgIpc) is 3.23. The third kappa shape index (κ3) is 4.55. The second-order valence-electron chi connectivity index (χ2n) is 8.50. The smallest absolute Gasteiger partial charge is 0.307 e. The molecule has 0 aromatic carbocycles. The molecule has 3 aliphatic rings. The molecular formula is C20H31N5O3. The molecule has 4 atom stereocenters. The van der Waals surface area contributed by atoms with E-state index < -0.39 is 11.9 Å². The molecular weight excluding hydrogens is 358 g/mol. The predicted molar refractivity (Wildman–Crippen MR) is 106 cm³/mol. The monoisotopic (exact) mass is 389 g/mol. The number of nitrogens with one attached hydrogen (secondary N) is 1. The summed E-state index contributed by atoms with van der Waals surface area (Å²) < 4.78 is 0. The Balaban J connectivity index is 1.45. The maximum absolute atomic E-state index is 11.7. The molecule has 2 aliphatic heterocycles. The second-order valence-corrected chi connectivity index (χ2v) is 8.50. The number of hydrogen-bond acceptors (Lipinski definition) is 7. The normalized spacial score (nSPS) is 31.7. The minimum Gasteiger partial charge on any atom is -0.481 e. The number of anilines is 2. The van der Waals surface area contributed by atoms with Gasteiger partial charge in [-0.05, 0) is 44.9 Å². The maximum Gasteiger partial charge on any atom is 0.307 e. The van der Waals surface area contributed by atoms with E-state index in [-0.39, 0.29) is 18.2 Å². The van der Waals surface area contributed by atoms with Crippen LogP contribution in [-0.4, -0.2) is 75.4 Å². The number of carboxylic acids is 1. The lowest BCUT2D eigenvalue weighted by Gasteiger charge is -2.43. The van der Waals surface area contributed by atoms with Crippen LogP contribution in [0.2, 0.25) is 0 Å². The van der Waals surface area contributed by atoms with E-state index in [0.29, 0.717) is 18.8 Å². The second kappa shape index (κ2) is 8.61. The molecule has 0 amide bonds. The molecule has 1 aromatic rings. The summed E-state index contributed by atoms with van der Waals surface area (Å²) in [5.41, 5.74) is 0. The van der Waals surface area contributed by atoms with Crippen LogP contribution in [0.15, 0.2) is 12.4 Å². The summed E-state index contributed by atoms with van der Waals surface area (Å²) in [5, 5.41) is 23.1. The van der Waals surface area contributed by atoms with Crippen molar-refractivity contribution in [2.75, 3.05) is 36.4 Å². The number of aliphatic carboxylic acids is 1. The SMILES string of the molecule is O=C(O)C1CC(Nc2cncc(N3CCCC3)n2)CN(C2CCCC(O)C2)C1. The van der Waals surface area contributed by atoms with Crippen LogP contribution >= 0.6 is 0 Å². The summed E-state index contributed by atoms with van der Waals surface area (Å²) in [7, 11) is 0. The minimum absolute atomic E-state index is 0.0112. The summed E-state index contributed by atoms with van der Waals surface area (Å²) in [4.78, 5) is 25.3. The minimum atomic E-state index is -0.746. The number of aliphatic hydroxyl groups is 1. The number of likely N-dealkylation sites (tertiary alicyclic amines) is 1. The molecule has 8 heteroatoms. The molecule has 4 rings (SSSR count). The number of hydrogen-bond donors (Lipinski definition) is 3. The fraction of sp³-hybridized carbons (Fsp3) is 0.750. The zero-order valence-electron chi connectivity index (χ0n) is 16.3. The molecule has 2 saturated heterocycles. The highest BCUT2D eigenvalue weighted by molar-refractivity contribution is 5.70. The fourth-order valence-corrected chi connectivity index (χ4v) is 4.92. The zero-order chi connectivity index (χ0) is 19.5. The van der Waals surface area contributed by atoms with Crippen molar-refractivity contribution in [2.45, 2.75) is 63.1 Å². The number of carboxylic acid groups (broad SMARTS) is 1. The number of carbonyl (C=O) groups is 1. The molecule has 8 nitrogen and oxygen atoms in total. The van der Waals surface area contributed by atoms with Crippen molar-refractivity contribution in [3.63, 3.8) is 0 Å². The van der Waals surface area contributed by atoms with Gasteiger partial charge in [-0.3, -0.25) is 14.7 Å². The number of rotatable bonds is 5. The van der Waals surface area contributed by atoms with Crippen LogP contribution in [-0.2, 0) is 4.79 Å². The molecule has 0 spiro atoms. The van der Waals surface area contributed by atoms with Gasteiger partial charge in [0.15, 0.2) is 0 Å². The molecule has 154 valence electrons. The molecule has 3 heterocycles. The van der Waals surface area contributed by atoms with Gasteiger partial charge in [0.05, 0.1) is 24.4 Å². The average molecular weight is 390 g/mol. The van der Waals surface area contributed by atoms with Gasteiger partial charge in [0.2, 0.25) is 0 Å². The summed E-state index contributed by atoms with van der Waals surface area (Å²) in [5.74, 6) is 0.453. The van der Waals surface area contributed by atoms with Crippen LogP contribution in [0.5, 0.6) is 0 Å². The van der Waals surface area contributed by atoms with Gasteiger partial charge in [0.25, 0.3) is 0 Å². The quantitative estimate of drug-likeness (QED) is 0.697. The lowest BCUT2D eigenvalue weighted by atomic mass is 9.87. The molecule has 0 bridgehead atoms. The van der Waals surface area contributed by atoms with Crippen LogP contribution in [0, 0.1) is 5.92 Å². The van der Waals surface area contributed by atoms with E-state index in [0.717, 1.165) is 51.1 Å². The van der Waals surface area contributed by atoms with Crippen molar-refractivity contribution in [3.05, 3.63) is 12.4 Å². The number of aliphatic hydroxyl groups excluding tert-OH is 1. The first-order valence-electron chi connectivity index (χ1n) is 10.6. The van der Waals surface area contributed by atoms with Crippen LogP contribution in [0.4, 0.5) is 11.6 Å². The van der Waals surface area contributed by atoms with Crippen LogP contribution in [0.3, 0.4) is 0 Å². The van der Waals surface area contributed by atoms with Crippen molar-refractivity contribution in [1.29, 1.82) is 0 Å². The number of piperidine rings is 1. The molecule has 0 radical (unpaired) electrons. The Bertz CT molecular complexity index is 682. The van der Waals surface area contributed by atoms with E-state index in [9.17, 15) is 15.0 Å². The first-order valence-corrected chi connectivity index (χ1v) is 10.6. The lowest BCUT2D eigenvalue weighted by molar-refractivity contribution is -0.144. The largest absolute Gasteiger partial charge is 0.481 e. The van der Waals surface area contributed by atoms with Gasteiger partial charge >= 0.3 is 5.97 Å². The van der Waals surface area contributed by atoms with Gasteiger partial charge in [0.1, 0.15) is 11.6 Å². The van der Waals surface area contributed by atoms with Crippen LogP contribution in [0.1, 0.15) is 44.9 Å². The Hall–Kier alpha value is -1.93. The Kier molecular flexibility index (Phi) is 5.96. The van der Waals surface area contributed by atoms with Gasteiger partial charge in [-0.1, -0.05) is 0 Å². The van der Waals surface area contributed by atoms with Crippen molar-refractivity contribution in [2.24, 2.45) is 5.92 Å². The van der Waals surface area contributed by atoms with E-state index in [1.165, 1.54) is 12.8 Å². The fourth-order valence-electron chi connectivity index (χ4n) is 4.92. The lowest BCUT2D eigenvalue weighted by Crippen LogP contribution is -2.53. The predicted octanol–water partition coefficient (Wildman–Crippen LogP) is 1.57. The summed E-state index contributed by atoms with van der Waals surface area (Å²) in [6.45, 7) is 3.36. The first-order chi connectivity index (χ1) is 13.6. The molecule has 3 fully saturated rings. The Labute approximate surface area is 166 Å². The van der Waals surface area contributed by atoms with Crippen molar-refractivity contribution >= 4 is 17.6 Å². The number of nitrogens with zero attached hydrogens (tertiary/aromatic N) is 4. The van der Waals surface area contributed by atoms with Crippen molar-refractivity contribution < 1.29 is 15.0 Å². The molecule has 1 aromatic heterocycles. The molecule has 3 N–H and O–H groups in total. The third-order valence-electron chi connectivity index (χ3n) is 6.37.